The van der Waals surface area contributed by atoms with E-state index in [9.17, 15) is 18.1 Å². The number of hydrogen-bond acceptors (Lipinski definition) is 5. The van der Waals surface area contributed by atoms with Gasteiger partial charge < -0.3 is 9.88 Å². The number of halogens is 2. The van der Waals surface area contributed by atoms with Crippen LogP contribution < -0.4 is 10.6 Å². The van der Waals surface area contributed by atoms with Crippen LogP contribution in [0.3, 0.4) is 0 Å². The van der Waals surface area contributed by atoms with Gasteiger partial charge in [0.25, 0.3) is 6.43 Å². The molecule has 0 bridgehead atoms. The summed E-state index contributed by atoms with van der Waals surface area (Å²) in [4.78, 5) is 21.0. The van der Waals surface area contributed by atoms with Crippen molar-refractivity contribution < 1.29 is 18.1 Å². The number of carbonyl (C=O) groups is 1. The van der Waals surface area contributed by atoms with Crippen LogP contribution in [0.25, 0.3) is 0 Å². The van der Waals surface area contributed by atoms with E-state index in [0.29, 0.717) is 34.4 Å². The summed E-state index contributed by atoms with van der Waals surface area (Å²) in [5.41, 5.74) is 3.55. The molecular weight excluding hydrogens is 431 g/mol. The van der Waals surface area contributed by atoms with Crippen LogP contribution in [0.15, 0.2) is 29.3 Å². The van der Waals surface area contributed by atoms with E-state index in [2.05, 4.69) is 15.3 Å². The molecule has 2 fully saturated rings. The Balaban J connectivity index is 1.54. The lowest BCUT2D eigenvalue weighted by molar-refractivity contribution is -0.119. The molecule has 0 radical (unpaired) electrons. The number of Topliss-reactive ketones (excluding diaryl/α,β-unsaturated/α-hetero) is 1. The SMILES string of the molecule is CP(C)(=O)c1cc(C2CC2)ccc1Nc1cc(CC(=O)C2CC2)nc2c1N=C(C(F)F)C2. The summed E-state index contributed by atoms with van der Waals surface area (Å²) in [6.45, 7) is 3.46. The second-order valence-corrected chi connectivity index (χ2v) is 12.7. The van der Waals surface area contributed by atoms with Crippen molar-refractivity contribution in [2.75, 3.05) is 18.6 Å². The second-order valence-electron chi connectivity index (χ2n) is 9.48. The van der Waals surface area contributed by atoms with Crippen LogP contribution in [-0.4, -0.2) is 36.2 Å². The number of aliphatic imine (C=N–C) groups is 1. The van der Waals surface area contributed by atoms with Crippen LogP contribution in [-0.2, 0) is 22.2 Å². The third-order valence-corrected chi connectivity index (χ3v) is 7.81. The summed E-state index contributed by atoms with van der Waals surface area (Å²) in [5, 5.41) is 4.04. The molecule has 8 heteroatoms. The Morgan fingerprint density at radius 2 is 1.91 bits per heavy atom. The van der Waals surface area contributed by atoms with Crippen LogP contribution in [0.1, 0.15) is 48.6 Å². The number of rotatable bonds is 8. The number of ketones is 1. The van der Waals surface area contributed by atoms with Gasteiger partial charge in [-0.2, -0.15) is 0 Å². The summed E-state index contributed by atoms with van der Waals surface area (Å²) in [7, 11) is -2.61. The summed E-state index contributed by atoms with van der Waals surface area (Å²) in [6, 6.07) is 7.68. The lowest BCUT2D eigenvalue weighted by atomic mass is 10.1. The van der Waals surface area contributed by atoms with Crippen LogP contribution >= 0.6 is 7.14 Å². The number of carbonyl (C=O) groups excluding carboxylic acids is 1. The monoisotopic (exact) mass is 457 g/mol. The van der Waals surface area contributed by atoms with Gasteiger partial charge >= 0.3 is 0 Å². The minimum atomic E-state index is -2.66. The van der Waals surface area contributed by atoms with E-state index in [1.165, 1.54) is 5.56 Å². The zero-order valence-corrected chi connectivity index (χ0v) is 19.1. The van der Waals surface area contributed by atoms with Gasteiger partial charge in [-0.05, 0) is 68.7 Å². The summed E-state index contributed by atoms with van der Waals surface area (Å²) in [5.74, 6) is 0.761. The standard InChI is InChI=1S/C24H26F2N3O2P/c1-32(2,31)22-9-15(13-3-4-13)7-8-17(22)28-18-10-16(11-21(30)14-5-6-14)27-19-12-20(24(25)26)29-23(18)19/h7-10,13-14,24H,3-6,11-12H2,1-2H3,(H,27,28). The molecule has 5 nitrogen and oxygen atoms in total. The van der Waals surface area contributed by atoms with E-state index in [4.69, 9.17) is 0 Å². The van der Waals surface area contributed by atoms with Gasteiger partial charge in [0.05, 0.1) is 22.8 Å². The fraction of sp³-hybridized carbons (Fsp3) is 0.458. The number of fused-ring (bicyclic) bond motifs is 1. The molecule has 1 aromatic heterocycles. The van der Waals surface area contributed by atoms with Crippen LogP contribution in [0.4, 0.5) is 25.8 Å². The maximum absolute atomic E-state index is 13.4. The molecule has 3 aliphatic rings. The number of alkyl halides is 2. The average Bonchev–Trinajstić information content (AvgIpc) is 3.63. The molecule has 32 heavy (non-hydrogen) atoms. The Bertz CT molecular complexity index is 1180. The third kappa shape index (κ3) is 4.40. The maximum Gasteiger partial charge on any atom is 0.277 e. The van der Waals surface area contributed by atoms with Crippen molar-refractivity contribution in [3.8, 4) is 0 Å². The van der Waals surface area contributed by atoms with Gasteiger partial charge in [-0.1, -0.05) is 6.07 Å². The van der Waals surface area contributed by atoms with Gasteiger partial charge in [0.1, 0.15) is 18.6 Å². The smallest absolute Gasteiger partial charge is 0.277 e. The minimum Gasteiger partial charge on any atom is -0.353 e. The van der Waals surface area contributed by atoms with Gasteiger partial charge in [-0.15, -0.1) is 0 Å². The van der Waals surface area contributed by atoms with E-state index >= 15 is 0 Å². The highest BCUT2D eigenvalue weighted by atomic mass is 31.2. The molecule has 0 unspecified atom stereocenters. The molecule has 0 atom stereocenters. The van der Waals surface area contributed by atoms with Crippen LogP contribution in [0.5, 0.6) is 0 Å². The average molecular weight is 457 g/mol. The highest BCUT2D eigenvalue weighted by Crippen LogP contribution is 2.45. The first-order valence-corrected chi connectivity index (χ1v) is 13.7. The van der Waals surface area contributed by atoms with Crippen molar-refractivity contribution in [3.63, 3.8) is 0 Å². The number of anilines is 2. The molecule has 0 amide bonds. The van der Waals surface area contributed by atoms with Gasteiger partial charge in [0, 0.05) is 29.8 Å². The van der Waals surface area contributed by atoms with E-state index in [0.717, 1.165) is 31.0 Å². The minimum absolute atomic E-state index is 0.0271. The number of aromatic nitrogens is 1. The molecular formula is C24H26F2N3O2P. The van der Waals surface area contributed by atoms with Gasteiger partial charge in [-0.25, -0.2) is 13.8 Å². The second kappa shape index (κ2) is 7.87. The number of hydrogen-bond donors (Lipinski definition) is 1. The normalized spacial score (nSPS) is 18.0. The van der Waals surface area contributed by atoms with E-state index < -0.39 is 13.6 Å². The number of nitrogens with zero attached hydrogens (tertiary/aromatic N) is 2. The predicted molar refractivity (Wildman–Crippen MR) is 123 cm³/mol. The maximum atomic E-state index is 13.4. The van der Waals surface area contributed by atoms with Crippen molar-refractivity contribution in [2.45, 2.75) is 50.9 Å². The van der Waals surface area contributed by atoms with Crippen molar-refractivity contribution in [1.29, 1.82) is 0 Å². The largest absolute Gasteiger partial charge is 0.353 e. The number of benzene rings is 1. The molecule has 2 saturated carbocycles. The molecule has 0 saturated heterocycles. The van der Waals surface area contributed by atoms with E-state index in [1.807, 2.05) is 18.2 Å². The van der Waals surface area contributed by atoms with Crippen LogP contribution in [0, 0.1) is 5.92 Å². The molecule has 5 rings (SSSR count). The van der Waals surface area contributed by atoms with Gasteiger partial charge in [0.15, 0.2) is 0 Å². The van der Waals surface area contributed by atoms with Crippen LogP contribution in [0.2, 0.25) is 0 Å². The summed E-state index contributed by atoms with van der Waals surface area (Å²) in [6.07, 6.45) is 1.61. The third-order valence-electron chi connectivity index (χ3n) is 6.28. The highest BCUT2D eigenvalue weighted by molar-refractivity contribution is 7.70. The Labute approximate surface area is 186 Å². The molecule has 1 N–H and O–H groups in total. The molecule has 2 aromatic rings. The predicted octanol–water partition coefficient (Wildman–Crippen LogP) is 5.37. The molecule has 0 spiro atoms. The van der Waals surface area contributed by atoms with Crippen molar-refractivity contribution in [1.82, 2.24) is 4.98 Å². The first-order chi connectivity index (χ1) is 15.2. The quantitative estimate of drug-likeness (QED) is 0.542. The fourth-order valence-electron chi connectivity index (χ4n) is 4.21. The Morgan fingerprint density at radius 1 is 1.16 bits per heavy atom. The highest BCUT2D eigenvalue weighted by Gasteiger charge is 2.32. The van der Waals surface area contributed by atoms with Gasteiger partial charge in [-0.3, -0.25) is 9.78 Å². The number of pyridine rings is 1. The Hall–Kier alpha value is -2.40. The summed E-state index contributed by atoms with van der Waals surface area (Å²) < 4.78 is 39.8. The topological polar surface area (TPSA) is 71.4 Å². The Kier molecular flexibility index (Phi) is 5.28. The van der Waals surface area contributed by atoms with E-state index in [1.54, 1.807) is 19.4 Å². The number of nitrogens with one attached hydrogen (secondary N) is 1. The molecule has 2 aliphatic carbocycles. The lowest BCUT2D eigenvalue weighted by Crippen LogP contribution is -2.13. The molecule has 1 aliphatic heterocycles. The first kappa shape index (κ1) is 21.4. The first-order valence-electron chi connectivity index (χ1n) is 11.1. The van der Waals surface area contributed by atoms with E-state index in [-0.39, 0.29) is 30.3 Å². The zero-order chi connectivity index (χ0) is 22.6. The van der Waals surface area contributed by atoms with Crippen molar-refractivity contribution >= 4 is 41.0 Å². The van der Waals surface area contributed by atoms with Crippen molar-refractivity contribution in [2.24, 2.45) is 10.9 Å². The molecule has 168 valence electrons. The molecule has 1 aromatic carbocycles. The fourth-order valence-corrected chi connectivity index (χ4v) is 5.38. The lowest BCUT2D eigenvalue weighted by Gasteiger charge is -2.18. The van der Waals surface area contributed by atoms with Crippen molar-refractivity contribution in [3.05, 3.63) is 41.2 Å². The van der Waals surface area contributed by atoms with Gasteiger partial charge in [0.2, 0.25) is 0 Å². The Morgan fingerprint density at radius 3 is 2.53 bits per heavy atom. The summed E-state index contributed by atoms with van der Waals surface area (Å²) >= 11 is 0. The molecule has 2 heterocycles. The zero-order valence-electron chi connectivity index (χ0n) is 18.2.